The molecular formula is C12H16ClFN2. The molecule has 4 heteroatoms. The number of alkyl halides is 1. The van der Waals surface area contributed by atoms with Gasteiger partial charge in [-0.05, 0) is 37.5 Å². The third kappa shape index (κ3) is 2.86. The molecule has 3 N–H and O–H groups in total. The van der Waals surface area contributed by atoms with Crippen molar-refractivity contribution in [1.82, 2.24) is 0 Å². The van der Waals surface area contributed by atoms with Crippen molar-refractivity contribution in [3.05, 3.63) is 29.3 Å². The van der Waals surface area contributed by atoms with Gasteiger partial charge in [0.25, 0.3) is 0 Å². The summed E-state index contributed by atoms with van der Waals surface area (Å²) in [6.45, 7) is 0.307. The second kappa shape index (κ2) is 4.60. The molecule has 1 aromatic rings. The summed E-state index contributed by atoms with van der Waals surface area (Å²) in [7, 11) is 0. The van der Waals surface area contributed by atoms with E-state index in [0.29, 0.717) is 24.4 Å². The van der Waals surface area contributed by atoms with Gasteiger partial charge in [0.1, 0.15) is 5.67 Å². The first-order valence-electron chi connectivity index (χ1n) is 5.51. The molecule has 2 atom stereocenters. The zero-order chi connectivity index (χ0) is 11.6. The quantitative estimate of drug-likeness (QED) is 0.855. The lowest BCUT2D eigenvalue weighted by molar-refractivity contribution is 0.187. The minimum atomic E-state index is -1.16. The molecule has 1 aliphatic carbocycles. The number of hydrogen-bond donors (Lipinski definition) is 2. The third-order valence-electron chi connectivity index (χ3n) is 3.03. The summed E-state index contributed by atoms with van der Waals surface area (Å²) >= 11 is 5.84. The predicted octanol–water partition coefficient (Wildman–Crippen LogP) is 2.97. The zero-order valence-corrected chi connectivity index (χ0v) is 9.80. The fraction of sp³-hybridized carbons (Fsp3) is 0.500. The van der Waals surface area contributed by atoms with E-state index in [1.54, 1.807) is 12.1 Å². The van der Waals surface area contributed by atoms with Crippen molar-refractivity contribution < 1.29 is 4.39 Å². The SMILES string of the molecule is NC1CCC(F)(CNc2cccc(Cl)c2)C1. The van der Waals surface area contributed by atoms with Gasteiger partial charge >= 0.3 is 0 Å². The topological polar surface area (TPSA) is 38.0 Å². The number of nitrogens with two attached hydrogens (primary N) is 1. The summed E-state index contributed by atoms with van der Waals surface area (Å²) in [5, 5.41) is 3.73. The number of hydrogen-bond acceptors (Lipinski definition) is 2. The summed E-state index contributed by atoms with van der Waals surface area (Å²) < 4.78 is 14.2. The van der Waals surface area contributed by atoms with Gasteiger partial charge in [-0.2, -0.15) is 0 Å². The van der Waals surface area contributed by atoms with Gasteiger partial charge in [0.05, 0.1) is 0 Å². The molecule has 1 saturated carbocycles. The van der Waals surface area contributed by atoms with Crippen LogP contribution in [-0.2, 0) is 0 Å². The van der Waals surface area contributed by atoms with E-state index in [2.05, 4.69) is 5.32 Å². The molecule has 0 amide bonds. The molecule has 2 nitrogen and oxygen atoms in total. The van der Waals surface area contributed by atoms with E-state index < -0.39 is 5.67 Å². The summed E-state index contributed by atoms with van der Waals surface area (Å²) in [6, 6.07) is 7.31. The molecule has 2 rings (SSSR count). The van der Waals surface area contributed by atoms with Crippen molar-refractivity contribution in [2.45, 2.75) is 31.0 Å². The molecule has 0 saturated heterocycles. The average molecular weight is 243 g/mol. The number of benzene rings is 1. The maximum atomic E-state index is 14.2. The lowest BCUT2D eigenvalue weighted by Crippen LogP contribution is -2.31. The summed E-state index contributed by atoms with van der Waals surface area (Å²) in [5.41, 5.74) is 5.40. The van der Waals surface area contributed by atoms with Crippen LogP contribution in [0.4, 0.5) is 10.1 Å². The Kier molecular flexibility index (Phi) is 3.36. The van der Waals surface area contributed by atoms with Crippen molar-refractivity contribution in [2.24, 2.45) is 5.73 Å². The van der Waals surface area contributed by atoms with Crippen LogP contribution < -0.4 is 11.1 Å². The fourth-order valence-electron chi connectivity index (χ4n) is 2.14. The van der Waals surface area contributed by atoms with Crippen molar-refractivity contribution in [3.63, 3.8) is 0 Å². The monoisotopic (exact) mass is 242 g/mol. The zero-order valence-electron chi connectivity index (χ0n) is 9.05. The summed E-state index contributed by atoms with van der Waals surface area (Å²) in [6.07, 6.45) is 1.76. The number of rotatable bonds is 3. The summed E-state index contributed by atoms with van der Waals surface area (Å²) in [5.74, 6) is 0. The molecule has 0 bridgehead atoms. The number of anilines is 1. The Labute approximate surface area is 100.0 Å². The fourth-order valence-corrected chi connectivity index (χ4v) is 2.33. The molecule has 2 unspecified atom stereocenters. The smallest absolute Gasteiger partial charge is 0.129 e. The minimum Gasteiger partial charge on any atom is -0.382 e. The van der Waals surface area contributed by atoms with Crippen LogP contribution in [0, 0.1) is 0 Å². The van der Waals surface area contributed by atoms with Gasteiger partial charge in [0, 0.05) is 23.3 Å². The van der Waals surface area contributed by atoms with E-state index in [9.17, 15) is 4.39 Å². The molecule has 0 heterocycles. The molecule has 0 spiro atoms. The number of nitrogens with one attached hydrogen (secondary N) is 1. The standard InChI is InChI=1S/C12H16ClFN2/c13-9-2-1-3-11(6-9)16-8-12(14)5-4-10(15)7-12/h1-3,6,10,16H,4-5,7-8,15H2. The second-order valence-electron chi connectivity index (χ2n) is 4.52. The third-order valence-corrected chi connectivity index (χ3v) is 3.26. The highest BCUT2D eigenvalue weighted by Crippen LogP contribution is 2.33. The van der Waals surface area contributed by atoms with Crippen molar-refractivity contribution in [1.29, 1.82) is 0 Å². The number of halogens is 2. The molecular weight excluding hydrogens is 227 g/mol. The van der Waals surface area contributed by atoms with Crippen molar-refractivity contribution in [3.8, 4) is 0 Å². The van der Waals surface area contributed by atoms with Crippen LogP contribution in [0.2, 0.25) is 5.02 Å². The van der Waals surface area contributed by atoms with Gasteiger partial charge in [0.2, 0.25) is 0 Å². The van der Waals surface area contributed by atoms with Gasteiger partial charge in [-0.1, -0.05) is 17.7 Å². The van der Waals surface area contributed by atoms with E-state index in [4.69, 9.17) is 17.3 Å². The predicted molar refractivity (Wildman–Crippen MR) is 65.6 cm³/mol. The first-order valence-corrected chi connectivity index (χ1v) is 5.89. The Hall–Kier alpha value is -0.800. The highest BCUT2D eigenvalue weighted by Gasteiger charge is 2.37. The first-order chi connectivity index (χ1) is 7.57. The molecule has 1 aromatic carbocycles. The Morgan fingerprint density at radius 2 is 2.38 bits per heavy atom. The summed E-state index contributed by atoms with van der Waals surface area (Å²) in [4.78, 5) is 0. The molecule has 88 valence electrons. The maximum Gasteiger partial charge on any atom is 0.129 e. The molecule has 0 radical (unpaired) electrons. The molecule has 1 aliphatic rings. The molecule has 0 aliphatic heterocycles. The normalized spacial score (nSPS) is 29.3. The van der Waals surface area contributed by atoms with E-state index in [0.717, 1.165) is 12.1 Å². The van der Waals surface area contributed by atoms with Crippen molar-refractivity contribution in [2.75, 3.05) is 11.9 Å². The van der Waals surface area contributed by atoms with Crippen LogP contribution in [0.25, 0.3) is 0 Å². The van der Waals surface area contributed by atoms with Crippen LogP contribution in [0.15, 0.2) is 24.3 Å². The van der Waals surface area contributed by atoms with Crippen LogP contribution in [0.3, 0.4) is 0 Å². The van der Waals surface area contributed by atoms with E-state index >= 15 is 0 Å². The lowest BCUT2D eigenvalue weighted by Gasteiger charge is -2.20. The Morgan fingerprint density at radius 1 is 1.56 bits per heavy atom. The van der Waals surface area contributed by atoms with Gasteiger partial charge in [-0.25, -0.2) is 4.39 Å². The highest BCUT2D eigenvalue weighted by atomic mass is 35.5. The van der Waals surface area contributed by atoms with Crippen LogP contribution >= 0.6 is 11.6 Å². The van der Waals surface area contributed by atoms with Crippen LogP contribution in [0.1, 0.15) is 19.3 Å². The van der Waals surface area contributed by atoms with Gasteiger partial charge in [0.15, 0.2) is 0 Å². The van der Waals surface area contributed by atoms with Gasteiger partial charge in [-0.3, -0.25) is 0 Å². The minimum absolute atomic E-state index is 0.00570. The van der Waals surface area contributed by atoms with Gasteiger partial charge < -0.3 is 11.1 Å². The highest BCUT2D eigenvalue weighted by molar-refractivity contribution is 6.30. The van der Waals surface area contributed by atoms with Gasteiger partial charge in [-0.15, -0.1) is 0 Å². The largest absolute Gasteiger partial charge is 0.382 e. The van der Waals surface area contributed by atoms with Crippen LogP contribution in [0.5, 0.6) is 0 Å². The average Bonchev–Trinajstić information content (AvgIpc) is 2.57. The van der Waals surface area contributed by atoms with E-state index in [-0.39, 0.29) is 6.04 Å². The second-order valence-corrected chi connectivity index (χ2v) is 4.95. The Bertz CT molecular complexity index is 372. The van der Waals surface area contributed by atoms with E-state index in [1.807, 2.05) is 12.1 Å². The van der Waals surface area contributed by atoms with Crippen LogP contribution in [-0.4, -0.2) is 18.3 Å². The first kappa shape index (κ1) is 11.7. The Balaban J connectivity index is 1.92. The Morgan fingerprint density at radius 3 is 3.00 bits per heavy atom. The molecule has 0 aromatic heterocycles. The van der Waals surface area contributed by atoms with E-state index in [1.165, 1.54) is 0 Å². The van der Waals surface area contributed by atoms with Crippen molar-refractivity contribution >= 4 is 17.3 Å². The maximum absolute atomic E-state index is 14.2. The molecule has 16 heavy (non-hydrogen) atoms. The lowest BCUT2D eigenvalue weighted by atomic mass is 10.0. The molecule has 1 fully saturated rings.